The summed E-state index contributed by atoms with van der Waals surface area (Å²) in [6.07, 6.45) is -0.667. The molecule has 0 aromatic carbocycles. The lowest BCUT2D eigenvalue weighted by Crippen LogP contribution is -2.27. The van der Waals surface area contributed by atoms with Crippen molar-refractivity contribution >= 4 is 17.7 Å². The number of rotatable bonds is 2. The summed E-state index contributed by atoms with van der Waals surface area (Å²) in [5, 5.41) is 2.37. The van der Waals surface area contributed by atoms with Crippen molar-refractivity contribution in [3.8, 4) is 0 Å². The van der Waals surface area contributed by atoms with Gasteiger partial charge in [0.15, 0.2) is 11.6 Å². The number of halogens is 1. The van der Waals surface area contributed by atoms with E-state index in [4.69, 9.17) is 10.6 Å². The predicted molar refractivity (Wildman–Crippen MR) is 61.9 cm³/mol. The molecule has 0 spiro atoms. The van der Waals surface area contributed by atoms with E-state index in [1.807, 2.05) is 0 Å². The van der Waals surface area contributed by atoms with E-state index in [2.05, 4.69) is 15.7 Å². The third-order valence-electron chi connectivity index (χ3n) is 1.61. The lowest BCUT2D eigenvalue weighted by atomic mass is 10.2. The molecule has 0 radical (unpaired) electrons. The second-order valence-corrected chi connectivity index (χ2v) is 4.30. The first-order valence-corrected chi connectivity index (χ1v) is 4.95. The van der Waals surface area contributed by atoms with E-state index in [1.165, 1.54) is 6.07 Å². The summed E-state index contributed by atoms with van der Waals surface area (Å²) in [7, 11) is 0. The van der Waals surface area contributed by atoms with Crippen molar-refractivity contribution < 1.29 is 13.9 Å². The SMILES string of the molecule is CC(C)(C)OC(=O)Nc1ccc(F)c(NN)n1. The molecule has 0 fully saturated rings. The third-order valence-corrected chi connectivity index (χ3v) is 1.61. The van der Waals surface area contributed by atoms with Crippen LogP contribution in [0.2, 0.25) is 0 Å². The number of hydrogen-bond acceptors (Lipinski definition) is 5. The molecule has 4 N–H and O–H groups in total. The van der Waals surface area contributed by atoms with Crippen LogP contribution in [0, 0.1) is 5.82 Å². The molecule has 0 unspecified atom stereocenters. The molecule has 1 aromatic rings. The van der Waals surface area contributed by atoms with Crippen LogP contribution < -0.4 is 16.6 Å². The van der Waals surface area contributed by atoms with Gasteiger partial charge in [-0.15, -0.1) is 0 Å². The molecule has 1 aromatic heterocycles. The minimum atomic E-state index is -0.667. The molecule has 0 aliphatic heterocycles. The highest BCUT2D eigenvalue weighted by Gasteiger charge is 2.16. The lowest BCUT2D eigenvalue weighted by molar-refractivity contribution is 0.0635. The van der Waals surface area contributed by atoms with Gasteiger partial charge in [-0.3, -0.25) is 5.32 Å². The van der Waals surface area contributed by atoms with Gasteiger partial charge in [0.25, 0.3) is 0 Å². The topological polar surface area (TPSA) is 89.3 Å². The second kappa shape index (κ2) is 4.96. The van der Waals surface area contributed by atoms with Crippen LogP contribution in [0.4, 0.5) is 20.8 Å². The summed E-state index contributed by atoms with van der Waals surface area (Å²) in [4.78, 5) is 15.1. The maximum absolute atomic E-state index is 13.0. The van der Waals surface area contributed by atoms with Crippen molar-refractivity contribution in [3.63, 3.8) is 0 Å². The van der Waals surface area contributed by atoms with Gasteiger partial charge in [0, 0.05) is 0 Å². The normalized spacial score (nSPS) is 10.9. The molecule has 1 amide bonds. The van der Waals surface area contributed by atoms with Gasteiger partial charge >= 0.3 is 6.09 Å². The Balaban J connectivity index is 2.72. The van der Waals surface area contributed by atoms with E-state index in [9.17, 15) is 9.18 Å². The third kappa shape index (κ3) is 4.23. The first-order valence-electron chi connectivity index (χ1n) is 4.95. The zero-order valence-corrected chi connectivity index (χ0v) is 9.87. The fourth-order valence-electron chi connectivity index (χ4n) is 1.02. The summed E-state index contributed by atoms with van der Waals surface area (Å²) < 4.78 is 18.0. The number of ether oxygens (including phenoxy) is 1. The largest absolute Gasteiger partial charge is 0.444 e. The van der Waals surface area contributed by atoms with Crippen molar-refractivity contribution in [3.05, 3.63) is 17.9 Å². The number of pyridine rings is 1. The summed E-state index contributed by atoms with van der Waals surface area (Å²) in [5.41, 5.74) is 1.47. The number of aromatic nitrogens is 1. The van der Waals surface area contributed by atoms with Crippen LogP contribution in [0.5, 0.6) is 0 Å². The van der Waals surface area contributed by atoms with E-state index < -0.39 is 17.5 Å². The fraction of sp³-hybridized carbons (Fsp3) is 0.400. The number of hydrazine groups is 1. The van der Waals surface area contributed by atoms with Gasteiger partial charge < -0.3 is 10.2 Å². The Morgan fingerprint density at radius 1 is 1.47 bits per heavy atom. The molecule has 0 bridgehead atoms. The molecular weight excluding hydrogens is 227 g/mol. The van der Waals surface area contributed by atoms with Gasteiger partial charge in [-0.25, -0.2) is 20.0 Å². The Morgan fingerprint density at radius 3 is 2.65 bits per heavy atom. The van der Waals surface area contributed by atoms with E-state index in [0.29, 0.717) is 0 Å². The number of amides is 1. The number of carbonyl (C=O) groups is 1. The van der Waals surface area contributed by atoms with E-state index >= 15 is 0 Å². The predicted octanol–water partition coefficient (Wildman–Crippen LogP) is 1.85. The Morgan fingerprint density at radius 2 is 2.12 bits per heavy atom. The van der Waals surface area contributed by atoms with Crippen molar-refractivity contribution in [1.82, 2.24) is 4.98 Å². The van der Waals surface area contributed by atoms with Crippen LogP contribution >= 0.6 is 0 Å². The number of hydrogen-bond donors (Lipinski definition) is 3. The number of anilines is 2. The average molecular weight is 242 g/mol. The van der Waals surface area contributed by atoms with Crippen LogP contribution in [0.1, 0.15) is 20.8 Å². The standard InChI is InChI=1S/C10H15FN4O2/c1-10(2,3)17-9(16)14-7-5-4-6(11)8(13-7)15-12/h4-5H,12H2,1-3H3,(H2,13,14,15,16). The number of nitrogens with one attached hydrogen (secondary N) is 2. The van der Waals surface area contributed by atoms with Crippen LogP contribution in [0.3, 0.4) is 0 Å². The molecule has 0 atom stereocenters. The van der Waals surface area contributed by atoms with Gasteiger partial charge in [0.1, 0.15) is 11.4 Å². The minimum Gasteiger partial charge on any atom is -0.444 e. The second-order valence-electron chi connectivity index (χ2n) is 4.30. The van der Waals surface area contributed by atoms with Crippen molar-refractivity contribution in [2.75, 3.05) is 10.7 Å². The molecule has 6 nitrogen and oxygen atoms in total. The Kier molecular flexibility index (Phi) is 3.84. The van der Waals surface area contributed by atoms with Gasteiger partial charge in [0.05, 0.1) is 0 Å². The summed E-state index contributed by atoms with van der Waals surface area (Å²) in [6.45, 7) is 5.20. The number of carbonyl (C=O) groups excluding carboxylic acids is 1. The lowest BCUT2D eigenvalue weighted by Gasteiger charge is -2.19. The monoisotopic (exact) mass is 242 g/mol. The van der Waals surface area contributed by atoms with Crippen molar-refractivity contribution in [1.29, 1.82) is 0 Å². The Bertz CT molecular complexity index is 417. The van der Waals surface area contributed by atoms with Crippen LogP contribution in [0.25, 0.3) is 0 Å². The number of nitrogens with zero attached hydrogens (tertiary/aromatic N) is 1. The molecule has 1 rings (SSSR count). The number of nitrogens with two attached hydrogens (primary N) is 1. The number of nitrogen functional groups attached to an aromatic ring is 1. The maximum Gasteiger partial charge on any atom is 0.413 e. The van der Waals surface area contributed by atoms with Crippen LogP contribution in [-0.4, -0.2) is 16.7 Å². The van der Waals surface area contributed by atoms with Crippen LogP contribution in [0.15, 0.2) is 12.1 Å². The maximum atomic E-state index is 13.0. The molecule has 7 heteroatoms. The average Bonchev–Trinajstić information content (AvgIpc) is 2.18. The Hall–Kier alpha value is -1.89. The summed E-state index contributed by atoms with van der Waals surface area (Å²) in [6, 6.07) is 2.44. The van der Waals surface area contributed by atoms with Crippen molar-refractivity contribution in [2.24, 2.45) is 5.84 Å². The quantitative estimate of drug-likeness (QED) is 0.544. The van der Waals surface area contributed by atoms with Crippen LogP contribution in [-0.2, 0) is 4.74 Å². The zero-order chi connectivity index (χ0) is 13.1. The highest BCUT2D eigenvalue weighted by Crippen LogP contribution is 2.14. The van der Waals surface area contributed by atoms with Gasteiger partial charge in [-0.1, -0.05) is 0 Å². The zero-order valence-electron chi connectivity index (χ0n) is 9.87. The van der Waals surface area contributed by atoms with Crippen molar-refractivity contribution in [2.45, 2.75) is 26.4 Å². The molecule has 0 aliphatic carbocycles. The van der Waals surface area contributed by atoms with Gasteiger partial charge in [-0.05, 0) is 32.9 Å². The molecule has 1 heterocycles. The molecule has 0 saturated heterocycles. The fourth-order valence-corrected chi connectivity index (χ4v) is 1.02. The summed E-state index contributed by atoms with van der Waals surface area (Å²) in [5.74, 6) is 4.44. The molecule has 17 heavy (non-hydrogen) atoms. The minimum absolute atomic E-state index is 0.147. The van der Waals surface area contributed by atoms with E-state index in [0.717, 1.165) is 6.07 Å². The Labute approximate surface area is 98.3 Å². The highest BCUT2D eigenvalue weighted by atomic mass is 19.1. The van der Waals surface area contributed by atoms with Gasteiger partial charge in [0.2, 0.25) is 0 Å². The van der Waals surface area contributed by atoms with E-state index in [1.54, 1.807) is 20.8 Å². The molecule has 0 aliphatic rings. The first-order chi connectivity index (χ1) is 7.81. The summed E-state index contributed by atoms with van der Waals surface area (Å²) >= 11 is 0. The smallest absolute Gasteiger partial charge is 0.413 e. The highest BCUT2D eigenvalue weighted by molar-refractivity contribution is 5.83. The molecule has 0 saturated carbocycles. The first kappa shape index (κ1) is 13.2. The van der Waals surface area contributed by atoms with E-state index in [-0.39, 0.29) is 11.6 Å². The molecule has 94 valence electrons. The molecular formula is C10H15FN4O2. The van der Waals surface area contributed by atoms with Gasteiger partial charge in [-0.2, -0.15) is 0 Å².